The third kappa shape index (κ3) is 2.20. The van der Waals surface area contributed by atoms with Crippen LogP contribution in [0.3, 0.4) is 0 Å². The first kappa shape index (κ1) is 11.4. The molecular formula is C13H14N2O2. The SMILES string of the molecule is Cc1ccnc2c(OC(C)C(N)=O)cccc12. The average Bonchev–Trinajstić information content (AvgIpc) is 2.30. The van der Waals surface area contributed by atoms with Gasteiger partial charge in [-0.1, -0.05) is 12.1 Å². The average molecular weight is 230 g/mol. The number of hydrogen-bond acceptors (Lipinski definition) is 3. The van der Waals surface area contributed by atoms with Gasteiger partial charge in [0, 0.05) is 11.6 Å². The molecule has 0 aliphatic rings. The van der Waals surface area contributed by atoms with Gasteiger partial charge in [-0.25, -0.2) is 0 Å². The number of para-hydroxylation sites is 1. The molecule has 1 amide bonds. The van der Waals surface area contributed by atoms with E-state index in [9.17, 15) is 4.79 Å². The zero-order valence-corrected chi connectivity index (χ0v) is 9.81. The fraction of sp³-hybridized carbons (Fsp3) is 0.231. The van der Waals surface area contributed by atoms with Crippen molar-refractivity contribution in [3.63, 3.8) is 0 Å². The van der Waals surface area contributed by atoms with Crippen molar-refractivity contribution < 1.29 is 9.53 Å². The van der Waals surface area contributed by atoms with Crippen LogP contribution < -0.4 is 10.5 Å². The van der Waals surface area contributed by atoms with E-state index in [1.165, 1.54) is 0 Å². The highest BCUT2D eigenvalue weighted by Crippen LogP contribution is 2.26. The fourth-order valence-electron chi connectivity index (χ4n) is 1.63. The number of aromatic nitrogens is 1. The summed E-state index contributed by atoms with van der Waals surface area (Å²) in [6, 6.07) is 7.57. The summed E-state index contributed by atoms with van der Waals surface area (Å²) in [5.74, 6) is 0.0900. The van der Waals surface area contributed by atoms with Crippen LogP contribution in [-0.2, 0) is 4.79 Å². The normalized spacial score (nSPS) is 12.4. The van der Waals surface area contributed by atoms with E-state index in [1.807, 2.05) is 25.1 Å². The number of pyridine rings is 1. The summed E-state index contributed by atoms with van der Waals surface area (Å²) in [5.41, 5.74) is 7.04. The van der Waals surface area contributed by atoms with E-state index in [-0.39, 0.29) is 0 Å². The molecule has 4 heteroatoms. The summed E-state index contributed by atoms with van der Waals surface area (Å²) in [7, 11) is 0. The van der Waals surface area contributed by atoms with Crippen LogP contribution in [0, 0.1) is 6.92 Å². The molecule has 0 saturated carbocycles. The van der Waals surface area contributed by atoms with Gasteiger partial charge in [-0.05, 0) is 31.5 Å². The van der Waals surface area contributed by atoms with Gasteiger partial charge >= 0.3 is 0 Å². The van der Waals surface area contributed by atoms with Gasteiger partial charge in [0.2, 0.25) is 0 Å². The molecule has 4 nitrogen and oxygen atoms in total. The Hall–Kier alpha value is -2.10. The lowest BCUT2D eigenvalue weighted by atomic mass is 10.1. The van der Waals surface area contributed by atoms with Crippen LogP contribution in [-0.4, -0.2) is 17.0 Å². The van der Waals surface area contributed by atoms with E-state index in [2.05, 4.69) is 4.98 Å². The number of aryl methyl sites for hydroxylation is 1. The molecule has 0 spiro atoms. The second-order valence-corrected chi connectivity index (χ2v) is 3.94. The number of amides is 1. The van der Waals surface area contributed by atoms with Gasteiger partial charge in [-0.2, -0.15) is 0 Å². The highest BCUT2D eigenvalue weighted by molar-refractivity contribution is 5.87. The molecule has 0 bridgehead atoms. The molecule has 2 rings (SSSR count). The summed E-state index contributed by atoms with van der Waals surface area (Å²) >= 11 is 0. The van der Waals surface area contributed by atoms with Gasteiger partial charge in [0.1, 0.15) is 11.3 Å². The van der Waals surface area contributed by atoms with Gasteiger partial charge in [0.05, 0.1) is 0 Å². The van der Waals surface area contributed by atoms with Crippen molar-refractivity contribution in [3.8, 4) is 5.75 Å². The first-order chi connectivity index (χ1) is 8.09. The Kier molecular flexibility index (Phi) is 2.95. The molecular weight excluding hydrogens is 216 g/mol. The molecule has 0 aliphatic heterocycles. The molecule has 1 atom stereocenters. The number of hydrogen-bond donors (Lipinski definition) is 1. The minimum atomic E-state index is -0.664. The highest BCUT2D eigenvalue weighted by Gasteiger charge is 2.13. The molecule has 0 radical (unpaired) electrons. The number of carbonyl (C=O) groups is 1. The van der Waals surface area contributed by atoms with E-state index in [1.54, 1.807) is 19.2 Å². The lowest BCUT2D eigenvalue weighted by Gasteiger charge is -2.13. The van der Waals surface area contributed by atoms with Crippen molar-refractivity contribution in [2.24, 2.45) is 5.73 Å². The molecule has 17 heavy (non-hydrogen) atoms. The van der Waals surface area contributed by atoms with E-state index in [4.69, 9.17) is 10.5 Å². The lowest BCUT2D eigenvalue weighted by Crippen LogP contribution is -2.30. The first-order valence-electron chi connectivity index (χ1n) is 5.40. The van der Waals surface area contributed by atoms with Crippen molar-refractivity contribution in [2.45, 2.75) is 20.0 Å². The van der Waals surface area contributed by atoms with E-state index in [0.29, 0.717) is 5.75 Å². The van der Waals surface area contributed by atoms with Gasteiger partial charge < -0.3 is 10.5 Å². The van der Waals surface area contributed by atoms with Crippen LogP contribution in [0.2, 0.25) is 0 Å². The number of primary amides is 1. The molecule has 1 aromatic heterocycles. The predicted molar refractivity (Wildman–Crippen MR) is 65.8 cm³/mol. The Morgan fingerprint density at radius 1 is 1.41 bits per heavy atom. The quantitative estimate of drug-likeness (QED) is 0.874. The molecule has 0 aliphatic carbocycles. The summed E-state index contributed by atoms with van der Waals surface area (Å²) < 4.78 is 5.51. The maximum Gasteiger partial charge on any atom is 0.258 e. The number of ether oxygens (including phenoxy) is 1. The Morgan fingerprint density at radius 3 is 2.88 bits per heavy atom. The molecule has 0 fully saturated rings. The van der Waals surface area contributed by atoms with Gasteiger partial charge in [-0.15, -0.1) is 0 Å². The summed E-state index contributed by atoms with van der Waals surface area (Å²) in [4.78, 5) is 15.3. The number of nitrogens with zero attached hydrogens (tertiary/aromatic N) is 1. The number of carbonyl (C=O) groups excluding carboxylic acids is 1. The van der Waals surface area contributed by atoms with Crippen molar-refractivity contribution in [1.29, 1.82) is 0 Å². The predicted octanol–water partition coefficient (Wildman–Crippen LogP) is 1.80. The maximum atomic E-state index is 11.0. The fourth-order valence-corrected chi connectivity index (χ4v) is 1.63. The van der Waals surface area contributed by atoms with Crippen LogP contribution in [0.5, 0.6) is 5.75 Å². The van der Waals surface area contributed by atoms with Gasteiger partial charge in [0.15, 0.2) is 6.10 Å². The Labute approximate surface area is 99.4 Å². The number of nitrogens with two attached hydrogens (primary N) is 1. The molecule has 1 heterocycles. The molecule has 2 N–H and O–H groups in total. The summed E-state index contributed by atoms with van der Waals surface area (Å²) in [6.45, 7) is 3.63. The second-order valence-electron chi connectivity index (χ2n) is 3.94. The molecule has 1 aromatic carbocycles. The topological polar surface area (TPSA) is 65.2 Å². The van der Waals surface area contributed by atoms with Crippen LogP contribution in [0.15, 0.2) is 30.5 Å². The largest absolute Gasteiger partial charge is 0.479 e. The van der Waals surface area contributed by atoms with Crippen LogP contribution in [0.25, 0.3) is 10.9 Å². The summed E-state index contributed by atoms with van der Waals surface area (Å²) in [6.07, 6.45) is 1.06. The number of benzene rings is 1. The van der Waals surface area contributed by atoms with Gasteiger partial charge in [-0.3, -0.25) is 9.78 Å². The minimum Gasteiger partial charge on any atom is -0.479 e. The zero-order chi connectivity index (χ0) is 12.4. The van der Waals surface area contributed by atoms with E-state index < -0.39 is 12.0 Å². The van der Waals surface area contributed by atoms with E-state index >= 15 is 0 Å². The standard InChI is InChI=1S/C13H14N2O2/c1-8-6-7-15-12-10(8)4-3-5-11(12)17-9(2)13(14)16/h3-7,9H,1-2H3,(H2,14,16). The highest BCUT2D eigenvalue weighted by atomic mass is 16.5. The Balaban J connectivity index is 2.48. The van der Waals surface area contributed by atoms with Crippen molar-refractivity contribution >= 4 is 16.8 Å². The van der Waals surface area contributed by atoms with Crippen LogP contribution >= 0.6 is 0 Å². The molecule has 0 saturated heterocycles. The molecule has 2 aromatic rings. The first-order valence-corrected chi connectivity index (χ1v) is 5.40. The smallest absolute Gasteiger partial charge is 0.258 e. The number of rotatable bonds is 3. The van der Waals surface area contributed by atoms with Crippen molar-refractivity contribution in [1.82, 2.24) is 4.98 Å². The lowest BCUT2D eigenvalue weighted by molar-refractivity contribution is -0.123. The molecule has 88 valence electrons. The maximum absolute atomic E-state index is 11.0. The van der Waals surface area contributed by atoms with Crippen molar-refractivity contribution in [3.05, 3.63) is 36.0 Å². The monoisotopic (exact) mass is 230 g/mol. The third-order valence-electron chi connectivity index (χ3n) is 2.66. The third-order valence-corrected chi connectivity index (χ3v) is 2.66. The number of fused-ring (bicyclic) bond motifs is 1. The summed E-state index contributed by atoms with van der Waals surface area (Å²) in [5, 5.41) is 1.02. The van der Waals surface area contributed by atoms with Gasteiger partial charge in [0.25, 0.3) is 5.91 Å². The molecule has 1 unspecified atom stereocenters. The van der Waals surface area contributed by atoms with Crippen LogP contribution in [0.1, 0.15) is 12.5 Å². The zero-order valence-electron chi connectivity index (χ0n) is 9.81. The van der Waals surface area contributed by atoms with Crippen molar-refractivity contribution in [2.75, 3.05) is 0 Å². The minimum absolute atomic E-state index is 0.491. The Bertz CT molecular complexity index is 566. The second kappa shape index (κ2) is 4.41. The van der Waals surface area contributed by atoms with Crippen LogP contribution in [0.4, 0.5) is 0 Å². The van der Waals surface area contributed by atoms with E-state index in [0.717, 1.165) is 16.5 Å². The Morgan fingerprint density at radius 2 is 2.18 bits per heavy atom.